The number of hydrogen-bond acceptors (Lipinski definition) is 4. The molecule has 0 bridgehead atoms. The zero-order valence-corrected chi connectivity index (χ0v) is 14.6. The van der Waals surface area contributed by atoms with Gasteiger partial charge in [0, 0.05) is 44.7 Å². The summed E-state index contributed by atoms with van der Waals surface area (Å²) in [6.45, 7) is 3.05. The molecule has 2 aliphatic heterocycles. The number of nitrogens with zero attached hydrogens (tertiary/aromatic N) is 2. The van der Waals surface area contributed by atoms with Crippen LogP contribution in [-0.2, 0) is 14.8 Å². The summed E-state index contributed by atoms with van der Waals surface area (Å²) in [6.07, 6.45) is 4.81. The van der Waals surface area contributed by atoms with E-state index < -0.39 is 10.0 Å². The quantitative estimate of drug-likeness (QED) is 0.792. The maximum absolute atomic E-state index is 12.4. The molecule has 2 saturated heterocycles. The molecule has 23 heavy (non-hydrogen) atoms. The molecule has 2 amide bonds. The van der Waals surface area contributed by atoms with Gasteiger partial charge in [-0.05, 0) is 25.7 Å². The predicted molar refractivity (Wildman–Crippen MR) is 86.6 cm³/mol. The maximum Gasteiger partial charge on any atom is 0.317 e. The molecule has 0 aromatic rings. The standard InChI is InChI=1S/C15H27N3O4S/c1-22-12-15(5-2-6-15)11-16-14(19)17-8-4-13(10-17)18-7-3-9-23(18,20)21/h13H,2-12H2,1H3,(H,16,19). The van der Waals surface area contributed by atoms with Gasteiger partial charge in [-0.2, -0.15) is 4.31 Å². The highest BCUT2D eigenvalue weighted by atomic mass is 32.2. The number of likely N-dealkylation sites (tertiary alicyclic amines) is 1. The molecular weight excluding hydrogens is 318 g/mol. The molecule has 3 rings (SSSR count). The van der Waals surface area contributed by atoms with Crippen molar-refractivity contribution in [2.75, 3.05) is 45.6 Å². The minimum Gasteiger partial charge on any atom is -0.384 e. The van der Waals surface area contributed by atoms with E-state index in [1.807, 2.05) is 0 Å². The smallest absolute Gasteiger partial charge is 0.317 e. The summed E-state index contributed by atoms with van der Waals surface area (Å²) in [7, 11) is -1.40. The van der Waals surface area contributed by atoms with Crippen LogP contribution < -0.4 is 5.32 Å². The van der Waals surface area contributed by atoms with E-state index >= 15 is 0 Å². The van der Waals surface area contributed by atoms with E-state index in [1.165, 1.54) is 6.42 Å². The molecule has 8 heteroatoms. The Bertz CT molecular complexity index is 547. The van der Waals surface area contributed by atoms with Crippen LogP contribution in [-0.4, -0.2) is 75.3 Å². The zero-order valence-electron chi connectivity index (χ0n) is 13.8. The Morgan fingerprint density at radius 3 is 2.65 bits per heavy atom. The molecule has 7 nitrogen and oxygen atoms in total. The molecule has 0 aromatic heterocycles. The third kappa shape index (κ3) is 3.49. The Labute approximate surface area is 138 Å². The second-order valence-electron chi connectivity index (χ2n) is 7.11. The van der Waals surface area contributed by atoms with Gasteiger partial charge in [-0.25, -0.2) is 13.2 Å². The van der Waals surface area contributed by atoms with Crippen molar-refractivity contribution in [1.29, 1.82) is 0 Å². The van der Waals surface area contributed by atoms with Gasteiger partial charge >= 0.3 is 6.03 Å². The van der Waals surface area contributed by atoms with E-state index in [4.69, 9.17) is 4.74 Å². The lowest BCUT2D eigenvalue weighted by Gasteiger charge is -2.41. The fraction of sp³-hybridized carbons (Fsp3) is 0.933. The number of nitrogens with one attached hydrogen (secondary N) is 1. The number of amides is 2. The van der Waals surface area contributed by atoms with Gasteiger partial charge in [-0.1, -0.05) is 6.42 Å². The Morgan fingerprint density at radius 1 is 1.30 bits per heavy atom. The summed E-state index contributed by atoms with van der Waals surface area (Å²) in [5, 5.41) is 3.02. The van der Waals surface area contributed by atoms with Crippen molar-refractivity contribution in [1.82, 2.24) is 14.5 Å². The molecule has 1 aliphatic carbocycles. The predicted octanol–water partition coefficient (Wildman–Crippen LogP) is 0.623. The highest BCUT2D eigenvalue weighted by molar-refractivity contribution is 7.89. The fourth-order valence-corrected chi connectivity index (χ4v) is 5.72. The summed E-state index contributed by atoms with van der Waals surface area (Å²) in [4.78, 5) is 14.1. The Balaban J connectivity index is 1.50. The molecule has 1 atom stereocenters. The minimum atomic E-state index is -3.10. The zero-order chi connectivity index (χ0) is 16.5. The number of hydrogen-bond donors (Lipinski definition) is 1. The van der Waals surface area contributed by atoms with Crippen molar-refractivity contribution in [3.63, 3.8) is 0 Å². The van der Waals surface area contributed by atoms with Crippen molar-refractivity contribution in [3.05, 3.63) is 0 Å². The lowest BCUT2D eigenvalue weighted by molar-refractivity contribution is 0.0192. The van der Waals surface area contributed by atoms with Gasteiger partial charge in [-0.3, -0.25) is 0 Å². The molecular formula is C15H27N3O4S. The van der Waals surface area contributed by atoms with Gasteiger partial charge in [-0.15, -0.1) is 0 Å². The first-order valence-corrected chi connectivity index (χ1v) is 10.1. The van der Waals surface area contributed by atoms with E-state index in [1.54, 1.807) is 16.3 Å². The van der Waals surface area contributed by atoms with Gasteiger partial charge < -0.3 is 15.0 Å². The van der Waals surface area contributed by atoms with Crippen LogP contribution in [0.25, 0.3) is 0 Å². The Morgan fingerprint density at radius 2 is 2.09 bits per heavy atom. The first-order chi connectivity index (χ1) is 11.0. The summed E-state index contributed by atoms with van der Waals surface area (Å²) in [5.41, 5.74) is 0.0990. The molecule has 3 fully saturated rings. The lowest BCUT2D eigenvalue weighted by atomic mass is 9.69. The summed E-state index contributed by atoms with van der Waals surface area (Å²) in [5.74, 6) is 0.245. The number of rotatable bonds is 5. The van der Waals surface area contributed by atoms with Crippen LogP contribution in [0.1, 0.15) is 32.1 Å². The number of sulfonamides is 1. The monoisotopic (exact) mass is 345 g/mol. The number of carbonyl (C=O) groups excluding carboxylic acids is 1. The van der Waals surface area contributed by atoms with Crippen molar-refractivity contribution >= 4 is 16.1 Å². The van der Waals surface area contributed by atoms with E-state index in [0.717, 1.165) is 19.3 Å². The third-order valence-electron chi connectivity index (χ3n) is 5.48. The van der Waals surface area contributed by atoms with Gasteiger partial charge in [0.1, 0.15) is 0 Å². The van der Waals surface area contributed by atoms with Crippen LogP contribution in [0.15, 0.2) is 0 Å². The highest BCUT2D eigenvalue weighted by Gasteiger charge is 2.40. The highest BCUT2D eigenvalue weighted by Crippen LogP contribution is 2.40. The molecule has 132 valence electrons. The average Bonchev–Trinajstić information content (AvgIpc) is 3.07. The lowest BCUT2D eigenvalue weighted by Crippen LogP contribution is -2.49. The van der Waals surface area contributed by atoms with Crippen LogP contribution in [0.2, 0.25) is 0 Å². The van der Waals surface area contributed by atoms with Crippen LogP contribution in [0.3, 0.4) is 0 Å². The van der Waals surface area contributed by atoms with Crippen LogP contribution in [0.5, 0.6) is 0 Å². The second-order valence-corrected chi connectivity index (χ2v) is 9.16. The number of carbonyl (C=O) groups is 1. The summed E-state index contributed by atoms with van der Waals surface area (Å²) >= 11 is 0. The van der Waals surface area contributed by atoms with Crippen molar-refractivity contribution in [2.45, 2.75) is 38.1 Å². The normalized spacial score (nSPS) is 29.4. The third-order valence-corrected chi connectivity index (χ3v) is 7.48. The number of methoxy groups -OCH3 is 1. The van der Waals surface area contributed by atoms with Crippen molar-refractivity contribution in [3.8, 4) is 0 Å². The topological polar surface area (TPSA) is 79.0 Å². The Hall–Kier alpha value is -0.860. The van der Waals surface area contributed by atoms with E-state index in [-0.39, 0.29) is 23.2 Å². The van der Waals surface area contributed by atoms with Gasteiger partial charge in [0.2, 0.25) is 10.0 Å². The summed E-state index contributed by atoms with van der Waals surface area (Å²) in [6, 6.07) is -0.128. The molecule has 1 N–H and O–H groups in total. The van der Waals surface area contributed by atoms with Gasteiger partial charge in [0.25, 0.3) is 0 Å². The maximum atomic E-state index is 12.4. The van der Waals surface area contributed by atoms with Crippen LogP contribution in [0.4, 0.5) is 4.79 Å². The largest absolute Gasteiger partial charge is 0.384 e. The second kappa shape index (κ2) is 6.57. The molecule has 3 aliphatic rings. The minimum absolute atomic E-state index is 0.0510. The fourth-order valence-electron chi connectivity index (χ4n) is 3.96. The van der Waals surface area contributed by atoms with E-state index in [9.17, 15) is 13.2 Å². The number of ether oxygens (including phenoxy) is 1. The van der Waals surface area contributed by atoms with Crippen molar-refractivity contribution < 1.29 is 17.9 Å². The first-order valence-electron chi connectivity index (χ1n) is 8.47. The van der Waals surface area contributed by atoms with E-state index in [0.29, 0.717) is 39.2 Å². The molecule has 0 spiro atoms. The average molecular weight is 345 g/mol. The first kappa shape index (κ1) is 17.0. The van der Waals surface area contributed by atoms with Crippen LogP contribution in [0, 0.1) is 5.41 Å². The van der Waals surface area contributed by atoms with Crippen LogP contribution >= 0.6 is 0 Å². The molecule has 0 radical (unpaired) electrons. The Kier molecular flexibility index (Phi) is 4.85. The van der Waals surface area contributed by atoms with Gasteiger partial charge in [0.15, 0.2) is 0 Å². The molecule has 0 aromatic carbocycles. The van der Waals surface area contributed by atoms with Crippen molar-refractivity contribution in [2.24, 2.45) is 5.41 Å². The van der Waals surface area contributed by atoms with Gasteiger partial charge in [0.05, 0.1) is 12.4 Å². The SMILES string of the molecule is COCC1(CNC(=O)N2CCC(N3CCCS3(=O)=O)C2)CCC1. The molecule has 1 unspecified atom stereocenters. The molecule has 1 saturated carbocycles. The molecule has 2 heterocycles. The van der Waals surface area contributed by atoms with E-state index in [2.05, 4.69) is 5.32 Å². The number of urea groups is 1. The summed E-state index contributed by atoms with van der Waals surface area (Å²) < 4.78 is 30.9.